The number of thioether (sulfide) groups is 1. The SMILES string of the molecule is NCc1cccc(OCCSCc2ccc(Cl)cc2)c1. The zero-order valence-electron chi connectivity index (χ0n) is 11.2. The van der Waals surface area contributed by atoms with E-state index in [1.54, 1.807) is 0 Å². The molecule has 2 aromatic carbocycles. The van der Waals surface area contributed by atoms with Crippen molar-refractivity contribution in [2.24, 2.45) is 5.73 Å². The molecule has 0 amide bonds. The van der Waals surface area contributed by atoms with Gasteiger partial charge in [0.2, 0.25) is 0 Å². The van der Waals surface area contributed by atoms with Crippen molar-refractivity contribution in [3.8, 4) is 5.75 Å². The summed E-state index contributed by atoms with van der Waals surface area (Å²) >= 11 is 7.70. The second-order valence-corrected chi connectivity index (χ2v) is 5.92. The third-order valence-corrected chi connectivity index (χ3v) is 4.06. The number of rotatable bonds is 7. The number of nitrogens with two attached hydrogens (primary N) is 1. The van der Waals surface area contributed by atoms with E-state index in [-0.39, 0.29) is 0 Å². The van der Waals surface area contributed by atoms with Crippen LogP contribution in [0.25, 0.3) is 0 Å². The third-order valence-electron chi connectivity index (χ3n) is 2.81. The van der Waals surface area contributed by atoms with Crippen LogP contribution in [0.2, 0.25) is 5.02 Å². The van der Waals surface area contributed by atoms with Crippen molar-refractivity contribution in [3.05, 3.63) is 64.7 Å². The number of hydrogen-bond acceptors (Lipinski definition) is 3. The van der Waals surface area contributed by atoms with Crippen LogP contribution in [0.3, 0.4) is 0 Å². The monoisotopic (exact) mass is 307 g/mol. The molecule has 2 N–H and O–H groups in total. The smallest absolute Gasteiger partial charge is 0.119 e. The van der Waals surface area contributed by atoms with E-state index in [1.807, 2.05) is 48.2 Å². The minimum atomic E-state index is 0.544. The molecule has 0 saturated carbocycles. The van der Waals surface area contributed by atoms with E-state index in [0.29, 0.717) is 13.2 Å². The summed E-state index contributed by atoms with van der Waals surface area (Å²) in [6.45, 7) is 1.24. The van der Waals surface area contributed by atoms with Gasteiger partial charge in [-0.25, -0.2) is 0 Å². The molecule has 0 heterocycles. The second kappa shape index (κ2) is 8.20. The van der Waals surface area contributed by atoms with Crippen LogP contribution in [0.5, 0.6) is 5.75 Å². The van der Waals surface area contributed by atoms with Crippen LogP contribution in [0.1, 0.15) is 11.1 Å². The Bertz CT molecular complexity index is 530. The van der Waals surface area contributed by atoms with Gasteiger partial charge in [-0.3, -0.25) is 0 Å². The first-order valence-corrected chi connectivity index (χ1v) is 8.05. The van der Waals surface area contributed by atoms with Gasteiger partial charge in [0.15, 0.2) is 0 Å². The zero-order valence-corrected chi connectivity index (χ0v) is 12.8. The molecule has 106 valence electrons. The summed E-state index contributed by atoms with van der Waals surface area (Å²) in [6.07, 6.45) is 0. The highest BCUT2D eigenvalue weighted by Crippen LogP contribution is 2.17. The van der Waals surface area contributed by atoms with E-state index in [2.05, 4.69) is 12.1 Å². The molecule has 0 aliphatic carbocycles. The molecule has 20 heavy (non-hydrogen) atoms. The lowest BCUT2D eigenvalue weighted by Crippen LogP contribution is -2.02. The fraction of sp³-hybridized carbons (Fsp3) is 0.250. The van der Waals surface area contributed by atoms with Gasteiger partial charge >= 0.3 is 0 Å². The summed E-state index contributed by atoms with van der Waals surface area (Å²) in [6, 6.07) is 15.9. The van der Waals surface area contributed by atoms with Gasteiger partial charge in [0.1, 0.15) is 5.75 Å². The van der Waals surface area contributed by atoms with E-state index in [1.165, 1.54) is 5.56 Å². The summed E-state index contributed by atoms with van der Waals surface area (Å²) in [4.78, 5) is 0. The lowest BCUT2D eigenvalue weighted by Gasteiger charge is -2.07. The van der Waals surface area contributed by atoms with Crippen LogP contribution >= 0.6 is 23.4 Å². The summed E-state index contributed by atoms with van der Waals surface area (Å²) in [7, 11) is 0. The first-order chi connectivity index (χ1) is 9.78. The van der Waals surface area contributed by atoms with Crippen molar-refractivity contribution in [2.75, 3.05) is 12.4 Å². The minimum Gasteiger partial charge on any atom is -0.493 e. The third kappa shape index (κ3) is 5.08. The maximum atomic E-state index is 5.85. The molecule has 2 nitrogen and oxygen atoms in total. The van der Waals surface area contributed by atoms with Crippen molar-refractivity contribution >= 4 is 23.4 Å². The van der Waals surface area contributed by atoms with Crippen LogP contribution in [-0.4, -0.2) is 12.4 Å². The maximum Gasteiger partial charge on any atom is 0.119 e. The van der Waals surface area contributed by atoms with Crippen LogP contribution in [-0.2, 0) is 12.3 Å². The molecule has 4 heteroatoms. The van der Waals surface area contributed by atoms with E-state index < -0.39 is 0 Å². The lowest BCUT2D eigenvalue weighted by molar-refractivity contribution is 0.343. The van der Waals surface area contributed by atoms with Crippen LogP contribution in [0.15, 0.2) is 48.5 Å². The van der Waals surface area contributed by atoms with E-state index >= 15 is 0 Å². The predicted octanol–water partition coefficient (Wildman–Crippen LogP) is 4.11. The Morgan fingerprint density at radius 2 is 1.85 bits per heavy atom. The van der Waals surface area contributed by atoms with E-state index in [0.717, 1.165) is 27.8 Å². The first-order valence-electron chi connectivity index (χ1n) is 6.52. The molecule has 0 aliphatic rings. The Kier molecular flexibility index (Phi) is 6.25. The van der Waals surface area contributed by atoms with E-state index in [9.17, 15) is 0 Å². The van der Waals surface area contributed by atoms with Gasteiger partial charge in [-0.15, -0.1) is 0 Å². The van der Waals surface area contributed by atoms with Crippen molar-refractivity contribution in [1.82, 2.24) is 0 Å². The predicted molar refractivity (Wildman–Crippen MR) is 87.4 cm³/mol. The van der Waals surface area contributed by atoms with Crippen LogP contribution in [0.4, 0.5) is 0 Å². The molecule has 0 unspecified atom stereocenters. The quantitative estimate of drug-likeness (QED) is 0.782. The molecular formula is C16H18ClNOS. The molecule has 0 saturated heterocycles. The van der Waals surface area contributed by atoms with Gasteiger partial charge in [-0.05, 0) is 35.4 Å². The van der Waals surface area contributed by atoms with Gasteiger partial charge in [0, 0.05) is 23.1 Å². The summed E-state index contributed by atoms with van der Waals surface area (Å²) < 4.78 is 5.71. The molecular weight excluding hydrogens is 290 g/mol. The lowest BCUT2D eigenvalue weighted by atomic mass is 10.2. The van der Waals surface area contributed by atoms with Crippen LogP contribution in [0, 0.1) is 0 Å². The Balaban J connectivity index is 1.67. The van der Waals surface area contributed by atoms with Gasteiger partial charge in [0.05, 0.1) is 6.61 Å². The largest absolute Gasteiger partial charge is 0.493 e. The second-order valence-electron chi connectivity index (χ2n) is 4.38. The van der Waals surface area contributed by atoms with Gasteiger partial charge in [0.25, 0.3) is 0 Å². The van der Waals surface area contributed by atoms with Crippen molar-refractivity contribution in [3.63, 3.8) is 0 Å². The fourth-order valence-electron chi connectivity index (χ4n) is 1.75. The van der Waals surface area contributed by atoms with Gasteiger partial charge < -0.3 is 10.5 Å². The van der Waals surface area contributed by atoms with Crippen LogP contribution < -0.4 is 10.5 Å². The average molecular weight is 308 g/mol. The standard InChI is InChI=1S/C16H18ClNOS/c17-15-6-4-13(5-7-15)12-20-9-8-19-16-3-1-2-14(10-16)11-18/h1-7,10H,8-9,11-12,18H2. The van der Waals surface area contributed by atoms with Crippen molar-refractivity contribution < 1.29 is 4.74 Å². The summed E-state index contributed by atoms with van der Waals surface area (Å²) in [5, 5.41) is 0.780. The van der Waals surface area contributed by atoms with Gasteiger partial charge in [-0.2, -0.15) is 11.8 Å². The normalized spacial score (nSPS) is 10.5. The molecule has 0 aliphatic heterocycles. The fourth-order valence-corrected chi connectivity index (χ4v) is 2.65. The van der Waals surface area contributed by atoms with Crippen molar-refractivity contribution in [1.29, 1.82) is 0 Å². The minimum absolute atomic E-state index is 0.544. The highest BCUT2D eigenvalue weighted by molar-refractivity contribution is 7.98. The summed E-state index contributed by atoms with van der Waals surface area (Å²) in [5.41, 5.74) is 7.98. The number of halogens is 1. The Morgan fingerprint density at radius 1 is 1.05 bits per heavy atom. The molecule has 0 atom stereocenters. The molecule has 0 radical (unpaired) electrons. The molecule has 2 aromatic rings. The Hall–Kier alpha value is -1.16. The highest BCUT2D eigenvalue weighted by Gasteiger charge is 1.97. The maximum absolute atomic E-state index is 5.85. The molecule has 0 aromatic heterocycles. The van der Waals surface area contributed by atoms with Crippen molar-refractivity contribution in [2.45, 2.75) is 12.3 Å². The highest BCUT2D eigenvalue weighted by atomic mass is 35.5. The van der Waals surface area contributed by atoms with Gasteiger partial charge in [-0.1, -0.05) is 35.9 Å². The number of hydrogen-bond donors (Lipinski definition) is 1. The average Bonchev–Trinajstić information content (AvgIpc) is 2.49. The number of benzene rings is 2. The summed E-state index contributed by atoms with van der Waals surface area (Å²) in [5.74, 6) is 2.82. The molecule has 0 spiro atoms. The van der Waals surface area contributed by atoms with E-state index in [4.69, 9.17) is 22.1 Å². The Morgan fingerprint density at radius 3 is 2.60 bits per heavy atom. The number of ether oxygens (including phenoxy) is 1. The molecule has 2 rings (SSSR count). The molecule has 0 bridgehead atoms. The first kappa shape index (κ1) is 15.2. The molecule has 0 fully saturated rings. The Labute approximate surface area is 129 Å². The topological polar surface area (TPSA) is 35.2 Å². The zero-order chi connectivity index (χ0) is 14.2.